The van der Waals surface area contributed by atoms with Crippen LogP contribution in [0.15, 0.2) is 47.2 Å². The van der Waals surface area contributed by atoms with Gasteiger partial charge in [0.05, 0.1) is 11.0 Å². The van der Waals surface area contributed by atoms with Crippen molar-refractivity contribution in [2.45, 2.75) is 19.5 Å². The summed E-state index contributed by atoms with van der Waals surface area (Å²) >= 11 is 3.30. The number of benzene rings is 1. The lowest BCUT2D eigenvalue weighted by atomic mass is 10.2. The monoisotopic (exact) mass is 435 g/mol. The van der Waals surface area contributed by atoms with E-state index in [4.69, 9.17) is 5.11 Å². The zero-order valence-corrected chi connectivity index (χ0v) is 15.7. The molecule has 8 nitrogen and oxygen atoms in total. The molecule has 27 heavy (non-hydrogen) atoms. The van der Waals surface area contributed by atoms with Crippen LogP contribution in [0.3, 0.4) is 0 Å². The van der Waals surface area contributed by atoms with Crippen LogP contribution >= 0.6 is 15.9 Å². The molecule has 3 aromatic rings. The number of amides is 1. The number of carbonyl (C=O) groups excluding carboxylic acids is 1. The predicted molar refractivity (Wildman–Crippen MR) is 98.0 cm³/mol. The largest absolute Gasteiger partial charge is 0.480 e. The third-order valence-corrected chi connectivity index (χ3v) is 4.41. The Balaban J connectivity index is 1.73. The molecule has 0 saturated carbocycles. The predicted octanol–water partition coefficient (Wildman–Crippen LogP) is 2.93. The minimum absolute atomic E-state index is 0.0543. The molecule has 0 radical (unpaired) electrons. The van der Waals surface area contributed by atoms with E-state index in [2.05, 4.69) is 31.4 Å². The number of carbonyl (C=O) groups is 2. The number of aromatic nitrogens is 4. The Morgan fingerprint density at radius 3 is 2.74 bits per heavy atom. The average Bonchev–Trinajstić information content (AvgIpc) is 3.24. The fourth-order valence-corrected chi connectivity index (χ4v) is 2.74. The van der Waals surface area contributed by atoms with Crippen LogP contribution in [0.1, 0.15) is 29.0 Å². The maximum atomic E-state index is 13.8. The lowest BCUT2D eigenvalue weighted by Crippen LogP contribution is -2.18. The van der Waals surface area contributed by atoms with Crippen LogP contribution in [-0.4, -0.2) is 36.5 Å². The molecular formula is C17H15BrFN5O3. The van der Waals surface area contributed by atoms with E-state index in [1.54, 1.807) is 24.4 Å². The van der Waals surface area contributed by atoms with Crippen molar-refractivity contribution in [1.29, 1.82) is 0 Å². The summed E-state index contributed by atoms with van der Waals surface area (Å²) in [5.74, 6) is -1.69. The Bertz CT molecular complexity index is 1000. The van der Waals surface area contributed by atoms with Crippen molar-refractivity contribution in [2.24, 2.45) is 0 Å². The van der Waals surface area contributed by atoms with Crippen molar-refractivity contribution in [3.05, 3.63) is 64.3 Å². The van der Waals surface area contributed by atoms with Crippen molar-refractivity contribution in [3.8, 4) is 0 Å². The highest BCUT2D eigenvalue weighted by Gasteiger charge is 2.18. The molecule has 1 aromatic carbocycles. The van der Waals surface area contributed by atoms with E-state index in [9.17, 15) is 14.0 Å². The summed E-state index contributed by atoms with van der Waals surface area (Å²) in [7, 11) is 0. The number of carboxylic acids is 1. The Morgan fingerprint density at radius 2 is 2.04 bits per heavy atom. The van der Waals surface area contributed by atoms with Crippen molar-refractivity contribution in [3.63, 3.8) is 0 Å². The van der Waals surface area contributed by atoms with Crippen LogP contribution < -0.4 is 5.32 Å². The molecule has 2 N–H and O–H groups in total. The van der Waals surface area contributed by atoms with Gasteiger partial charge in [-0.1, -0.05) is 18.2 Å². The van der Waals surface area contributed by atoms with Crippen molar-refractivity contribution < 1.29 is 19.1 Å². The standard InChI is InChI=1S/C17H15BrFN5O3/c1-10(17(26)27)24-7-6-14(21-24)16(25)20-15-12(18)9-23(22-15)8-11-4-2-3-5-13(11)19/h2-7,9-10H,8H2,1H3,(H,26,27)(H,20,22,25). The van der Waals surface area contributed by atoms with Gasteiger partial charge in [0.2, 0.25) is 0 Å². The first kappa shape index (κ1) is 18.8. The zero-order chi connectivity index (χ0) is 19.6. The fourth-order valence-electron chi connectivity index (χ4n) is 2.32. The summed E-state index contributed by atoms with van der Waals surface area (Å²) in [5, 5.41) is 19.8. The molecular weight excluding hydrogens is 421 g/mol. The molecule has 1 amide bonds. The second kappa shape index (κ2) is 7.70. The maximum Gasteiger partial charge on any atom is 0.328 e. The van der Waals surface area contributed by atoms with Crippen LogP contribution in [0.2, 0.25) is 0 Å². The molecule has 0 spiro atoms. The van der Waals surface area contributed by atoms with E-state index in [1.807, 2.05) is 0 Å². The molecule has 1 atom stereocenters. The van der Waals surface area contributed by atoms with Crippen molar-refractivity contribution in [2.75, 3.05) is 5.32 Å². The number of nitrogens with one attached hydrogen (secondary N) is 1. The first-order valence-electron chi connectivity index (χ1n) is 7.91. The number of halogens is 2. The van der Waals surface area contributed by atoms with Gasteiger partial charge in [0.15, 0.2) is 11.5 Å². The quantitative estimate of drug-likeness (QED) is 0.619. The van der Waals surface area contributed by atoms with E-state index in [0.29, 0.717) is 10.0 Å². The van der Waals surface area contributed by atoms with Gasteiger partial charge in [-0.05, 0) is 35.0 Å². The number of nitrogens with zero attached hydrogens (tertiary/aromatic N) is 4. The molecule has 3 rings (SSSR count). The summed E-state index contributed by atoms with van der Waals surface area (Å²) in [4.78, 5) is 23.3. The highest BCUT2D eigenvalue weighted by molar-refractivity contribution is 9.10. The SMILES string of the molecule is CC(C(=O)O)n1ccc(C(=O)Nc2nn(Cc3ccccc3F)cc2Br)n1. The molecule has 0 aliphatic rings. The topological polar surface area (TPSA) is 102 Å². The lowest BCUT2D eigenvalue weighted by Gasteiger charge is -2.05. The highest BCUT2D eigenvalue weighted by atomic mass is 79.9. The van der Waals surface area contributed by atoms with E-state index in [-0.39, 0.29) is 23.9 Å². The van der Waals surface area contributed by atoms with Gasteiger partial charge in [-0.2, -0.15) is 10.2 Å². The van der Waals surface area contributed by atoms with Gasteiger partial charge < -0.3 is 10.4 Å². The minimum Gasteiger partial charge on any atom is -0.480 e. The van der Waals surface area contributed by atoms with Gasteiger partial charge in [0.25, 0.3) is 5.91 Å². The highest BCUT2D eigenvalue weighted by Crippen LogP contribution is 2.22. The summed E-state index contributed by atoms with van der Waals surface area (Å²) < 4.78 is 17.0. The normalized spacial score (nSPS) is 12.0. The second-order valence-electron chi connectivity index (χ2n) is 5.76. The van der Waals surface area contributed by atoms with E-state index >= 15 is 0 Å². The van der Waals surface area contributed by atoms with E-state index < -0.39 is 17.9 Å². The van der Waals surface area contributed by atoms with Gasteiger partial charge in [0, 0.05) is 18.0 Å². The summed E-state index contributed by atoms with van der Waals surface area (Å²) in [6.45, 7) is 1.66. The third-order valence-electron chi connectivity index (χ3n) is 3.83. The van der Waals surface area contributed by atoms with E-state index in [0.717, 1.165) is 0 Å². The Hall–Kier alpha value is -3.01. The van der Waals surface area contributed by atoms with Gasteiger partial charge in [-0.25, -0.2) is 9.18 Å². The summed E-state index contributed by atoms with van der Waals surface area (Å²) in [6, 6.07) is 6.88. The molecule has 0 aliphatic heterocycles. The number of aliphatic carboxylic acids is 1. The molecule has 10 heteroatoms. The van der Waals surface area contributed by atoms with Gasteiger partial charge in [0.1, 0.15) is 11.9 Å². The van der Waals surface area contributed by atoms with Crippen molar-refractivity contribution in [1.82, 2.24) is 19.6 Å². The fraction of sp³-hybridized carbons (Fsp3) is 0.176. The average molecular weight is 436 g/mol. The van der Waals surface area contributed by atoms with Crippen LogP contribution in [0.4, 0.5) is 10.2 Å². The number of carboxylic acid groups (broad SMARTS) is 1. The number of anilines is 1. The van der Waals surface area contributed by atoms with E-state index in [1.165, 1.54) is 34.6 Å². The van der Waals surface area contributed by atoms with Gasteiger partial charge in [-0.3, -0.25) is 14.2 Å². The summed E-state index contributed by atoms with van der Waals surface area (Å²) in [6.07, 6.45) is 3.03. The molecule has 0 bridgehead atoms. The molecule has 2 aromatic heterocycles. The Labute approximate surface area is 161 Å². The minimum atomic E-state index is -1.06. The maximum absolute atomic E-state index is 13.8. The van der Waals surface area contributed by atoms with Crippen molar-refractivity contribution >= 4 is 33.6 Å². The molecule has 0 saturated heterocycles. The van der Waals surface area contributed by atoms with Gasteiger partial charge >= 0.3 is 5.97 Å². The molecule has 2 heterocycles. The zero-order valence-electron chi connectivity index (χ0n) is 14.1. The molecule has 140 valence electrons. The van der Waals surface area contributed by atoms with Crippen LogP contribution in [0.25, 0.3) is 0 Å². The Morgan fingerprint density at radius 1 is 1.30 bits per heavy atom. The number of rotatable bonds is 6. The van der Waals surface area contributed by atoms with Crippen LogP contribution in [-0.2, 0) is 11.3 Å². The lowest BCUT2D eigenvalue weighted by molar-refractivity contribution is -0.140. The first-order valence-corrected chi connectivity index (χ1v) is 8.70. The second-order valence-corrected chi connectivity index (χ2v) is 6.62. The molecule has 0 fully saturated rings. The first-order chi connectivity index (χ1) is 12.8. The molecule has 0 aliphatic carbocycles. The number of hydrogen-bond donors (Lipinski definition) is 2. The Kier molecular flexibility index (Phi) is 5.36. The van der Waals surface area contributed by atoms with Crippen LogP contribution in [0, 0.1) is 5.82 Å². The summed E-state index contributed by atoms with van der Waals surface area (Å²) in [5.41, 5.74) is 0.519. The molecule has 1 unspecified atom stereocenters. The third kappa shape index (κ3) is 4.22. The van der Waals surface area contributed by atoms with Crippen LogP contribution in [0.5, 0.6) is 0 Å². The number of hydrogen-bond acceptors (Lipinski definition) is 4. The van der Waals surface area contributed by atoms with Gasteiger partial charge in [-0.15, -0.1) is 0 Å². The smallest absolute Gasteiger partial charge is 0.328 e.